The number of carbonyl (C=O) groups is 4. The summed E-state index contributed by atoms with van der Waals surface area (Å²) >= 11 is 9.01. The standard InChI is InChI=1S/C37H39ClN8O4S2.2C2HF3O2/c1-23(43-34(47)31(42)5-4-14-39)37(48)50-18-17-49-28-12-8-24(9-13-28)32-29(19-40)33(46-15-2-3-16-46)45-36(30(32)20-41)52-22-27-21-51-35(44-27)25-6-10-26(38)11-7-25;2*3-2(4,5)1(6)7/h6-13,21,23,31H,2-5,14-18,22,39,42H2,1H3,(H,43,47);2*(H,6,7)/t23-,31-;;/m0../s1. The van der Waals surface area contributed by atoms with Gasteiger partial charge in [-0.2, -0.15) is 36.9 Å². The van der Waals surface area contributed by atoms with Gasteiger partial charge < -0.3 is 41.4 Å². The number of pyridine rings is 1. The van der Waals surface area contributed by atoms with Gasteiger partial charge in [0, 0.05) is 40.4 Å². The fraction of sp³-hybridized carbons (Fsp3) is 0.366. The Hall–Kier alpha value is -6.18. The second kappa shape index (κ2) is 25.5. The molecule has 66 heavy (non-hydrogen) atoms. The lowest BCUT2D eigenvalue weighted by Gasteiger charge is -2.22. The number of halogens is 7. The molecule has 3 heterocycles. The first-order chi connectivity index (χ1) is 31.1. The number of carboxylic acids is 2. The first-order valence-corrected chi connectivity index (χ1v) is 21.6. The maximum atomic E-state index is 12.4. The number of anilines is 1. The number of ether oxygens (including phenoxy) is 2. The number of hydrogen-bond donors (Lipinski definition) is 5. The quantitative estimate of drug-likeness (QED) is 0.0330. The minimum absolute atomic E-state index is 0.0402. The molecule has 0 radical (unpaired) electrons. The molecule has 0 bridgehead atoms. The number of carboxylic acid groups (broad SMARTS) is 2. The van der Waals surface area contributed by atoms with Crippen LogP contribution >= 0.6 is 34.7 Å². The van der Waals surface area contributed by atoms with Crippen LogP contribution in [0.15, 0.2) is 58.9 Å². The smallest absolute Gasteiger partial charge is 0.490 e. The highest BCUT2D eigenvalue weighted by Crippen LogP contribution is 2.40. The summed E-state index contributed by atoms with van der Waals surface area (Å²) in [4.78, 5) is 54.2. The van der Waals surface area contributed by atoms with Gasteiger partial charge in [0.2, 0.25) is 5.91 Å². The monoisotopic (exact) mass is 986 g/mol. The van der Waals surface area contributed by atoms with E-state index in [2.05, 4.69) is 22.4 Å². The van der Waals surface area contributed by atoms with Crippen molar-refractivity contribution in [1.29, 1.82) is 10.5 Å². The minimum Gasteiger partial charge on any atom is -0.490 e. The Labute approximate surface area is 386 Å². The van der Waals surface area contributed by atoms with Crippen molar-refractivity contribution in [3.05, 3.63) is 75.8 Å². The Balaban J connectivity index is 0.000000715. The number of thioether (sulfide) groups is 1. The number of nitrogens with one attached hydrogen (secondary N) is 1. The number of nitriles is 2. The molecule has 1 aliphatic heterocycles. The van der Waals surface area contributed by atoms with Gasteiger partial charge in [-0.1, -0.05) is 47.6 Å². The summed E-state index contributed by atoms with van der Waals surface area (Å²) in [7, 11) is 0. The molecular formula is C41H41ClF6N8O8S2. The minimum atomic E-state index is -5.08. The van der Waals surface area contributed by atoms with E-state index in [0.717, 1.165) is 42.2 Å². The third-order valence-corrected chi connectivity index (χ3v) is 11.0. The number of thiazole rings is 1. The van der Waals surface area contributed by atoms with Crippen LogP contribution in [0, 0.1) is 22.7 Å². The van der Waals surface area contributed by atoms with E-state index in [-0.39, 0.29) is 13.2 Å². The number of hydrogen-bond acceptors (Lipinski definition) is 15. The van der Waals surface area contributed by atoms with E-state index in [0.29, 0.717) is 69.0 Å². The van der Waals surface area contributed by atoms with Crippen molar-refractivity contribution in [1.82, 2.24) is 15.3 Å². The number of nitrogens with two attached hydrogens (primary N) is 2. The molecule has 0 aliphatic carbocycles. The van der Waals surface area contributed by atoms with Crippen molar-refractivity contribution in [2.45, 2.75) is 67.8 Å². The number of rotatable bonds is 16. The van der Waals surface area contributed by atoms with Crippen LogP contribution in [0.4, 0.5) is 32.2 Å². The van der Waals surface area contributed by atoms with Gasteiger partial charge in [-0.25, -0.2) is 24.4 Å². The van der Waals surface area contributed by atoms with Crippen LogP contribution in [0.25, 0.3) is 21.7 Å². The lowest BCUT2D eigenvalue weighted by molar-refractivity contribution is -0.193. The molecule has 1 saturated heterocycles. The SMILES string of the molecule is C[C@H](NC(=O)[C@@H](N)CCCN)C(=O)OCCOc1ccc(-c2c(C#N)c(SCc3csc(-c4ccc(Cl)cc4)n3)nc(N3CCCC3)c2C#N)cc1.O=C(O)C(F)(F)F.O=C(O)C(F)(F)F. The largest absolute Gasteiger partial charge is 0.490 e. The number of aromatic nitrogens is 2. The topological polar surface area (TPSA) is 268 Å². The van der Waals surface area contributed by atoms with Crippen molar-refractivity contribution < 1.29 is 65.2 Å². The van der Waals surface area contributed by atoms with E-state index in [1.165, 1.54) is 30.0 Å². The predicted octanol–water partition coefficient (Wildman–Crippen LogP) is 6.92. The third-order valence-electron chi connectivity index (χ3n) is 8.77. The Bertz CT molecular complexity index is 2350. The molecule has 5 rings (SSSR count). The van der Waals surface area contributed by atoms with Crippen molar-refractivity contribution in [3.63, 3.8) is 0 Å². The van der Waals surface area contributed by atoms with Crippen molar-refractivity contribution in [2.75, 3.05) is 37.7 Å². The van der Waals surface area contributed by atoms with E-state index < -0.39 is 48.3 Å². The highest BCUT2D eigenvalue weighted by atomic mass is 35.5. The molecule has 2 aromatic heterocycles. The summed E-state index contributed by atoms with van der Waals surface area (Å²) in [5.41, 5.74) is 15.0. The van der Waals surface area contributed by atoms with Gasteiger partial charge in [0.05, 0.1) is 17.3 Å². The van der Waals surface area contributed by atoms with E-state index in [9.17, 15) is 46.5 Å². The van der Waals surface area contributed by atoms with Crippen LogP contribution in [-0.2, 0) is 29.7 Å². The lowest BCUT2D eigenvalue weighted by Crippen LogP contribution is -2.47. The molecular weight excluding hydrogens is 946 g/mol. The Morgan fingerprint density at radius 1 is 0.924 bits per heavy atom. The Kier molecular flexibility index (Phi) is 20.9. The molecule has 4 aromatic rings. The number of esters is 1. The molecule has 2 aromatic carbocycles. The van der Waals surface area contributed by atoms with E-state index in [4.69, 9.17) is 62.3 Å². The van der Waals surface area contributed by atoms with Gasteiger partial charge in [-0.15, -0.1) is 11.3 Å². The first-order valence-electron chi connectivity index (χ1n) is 19.3. The average Bonchev–Trinajstić information content (AvgIpc) is 3.99. The fourth-order valence-electron chi connectivity index (χ4n) is 5.55. The first kappa shape index (κ1) is 54.2. The molecule has 7 N–H and O–H groups in total. The number of amides is 1. The molecule has 2 atom stereocenters. The second-order valence-electron chi connectivity index (χ2n) is 13.6. The zero-order valence-corrected chi connectivity index (χ0v) is 37.0. The Morgan fingerprint density at radius 2 is 1.48 bits per heavy atom. The van der Waals surface area contributed by atoms with Crippen molar-refractivity contribution in [3.8, 4) is 39.6 Å². The molecule has 1 aliphatic rings. The molecule has 0 spiro atoms. The summed E-state index contributed by atoms with van der Waals surface area (Å²) in [5, 5.41) is 41.7. The normalized spacial score (nSPS) is 13.1. The maximum absolute atomic E-state index is 12.4. The van der Waals surface area contributed by atoms with Crippen LogP contribution in [0.2, 0.25) is 5.02 Å². The number of benzene rings is 2. The van der Waals surface area contributed by atoms with Crippen LogP contribution < -0.4 is 26.4 Å². The molecule has 1 fully saturated rings. The van der Waals surface area contributed by atoms with Gasteiger partial charge in [-0.05, 0) is 69.0 Å². The van der Waals surface area contributed by atoms with E-state index in [1.54, 1.807) is 24.3 Å². The van der Waals surface area contributed by atoms with Gasteiger partial charge in [-0.3, -0.25) is 4.79 Å². The number of carbonyl (C=O) groups excluding carboxylic acids is 2. The highest BCUT2D eigenvalue weighted by Gasteiger charge is 2.39. The second-order valence-corrected chi connectivity index (χ2v) is 15.9. The van der Waals surface area contributed by atoms with Crippen LogP contribution in [0.1, 0.15) is 49.4 Å². The highest BCUT2D eigenvalue weighted by molar-refractivity contribution is 7.98. The fourth-order valence-corrected chi connectivity index (χ4v) is 7.48. The zero-order chi connectivity index (χ0) is 49.2. The van der Waals surface area contributed by atoms with Crippen LogP contribution in [-0.4, -0.2) is 101 Å². The summed E-state index contributed by atoms with van der Waals surface area (Å²) in [6.07, 6.45) is -7.15. The molecule has 354 valence electrons. The predicted molar refractivity (Wildman–Crippen MR) is 230 cm³/mol. The Morgan fingerprint density at radius 3 is 2.02 bits per heavy atom. The number of nitrogens with zero attached hydrogens (tertiary/aromatic N) is 5. The van der Waals surface area contributed by atoms with E-state index in [1.807, 2.05) is 29.6 Å². The van der Waals surface area contributed by atoms with Crippen LogP contribution in [0.5, 0.6) is 5.75 Å². The van der Waals surface area contributed by atoms with Crippen molar-refractivity contribution >= 4 is 64.3 Å². The molecule has 25 heteroatoms. The summed E-state index contributed by atoms with van der Waals surface area (Å²) in [5.74, 6) is -5.00. The zero-order valence-electron chi connectivity index (χ0n) is 34.6. The average molecular weight is 987 g/mol. The summed E-state index contributed by atoms with van der Waals surface area (Å²) < 4.78 is 74.5. The lowest BCUT2D eigenvalue weighted by atomic mass is 9.96. The molecule has 1 amide bonds. The maximum Gasteiger partial charge on any atom is 0.490 e. The summed E-state index contributed by atoms with van der Waals surface area (Å²) in [6, 6.07) is 17.6. The van der Waals surface area contributed by atoms with Gasteiger partial charge in [0.15, 0.2) is 0 Å². The van der Waals surface area contributed by atoms with Gasteiger partial charge >= 0.3 is 30.3 Å². The number of alkyl halides is 6. The third kappa shape index (κ3) is 16.7. The van der Waals surface area contributed by atoms with Crippen LogP contribution in [0.3, 0.4) is 0 Å². The van der Waals surface area contributed by atoms with Gasteiger partial charge in [0.25, 0.3) is 0 Å². The van der Waals surface area contributed by atoms with Crippen molar-refractivity contribution in [2.24, 2.45) is 11.5 Å². The molecule has 16 nitrogen and oxygen atoms in total. The van der Waals surface area contributed by atoms with Gasteiger partial charge in [0.1, 0.15) is 58.6 Å². The summed E-state index contributed by atoms with van der Waals surface area (Å²) in [6.45, 7) is 3.53. The van der Waals surface area contributed by atoms with E-state index >= 15 is 0 Å². The molecule has 0 saturated carbocycles. The molecule has 0 unspecified atom stereocenters. The number of aliphatic carboxylic acids is 2.